The number of imidazole rings is 1. The van der Waals surface area contributed by atoms with Gasteiger partial charge in [-0.3, -0.25) is 0 Å². The fraction of sp³-hybridized carbons (Fsp3) is 0.897. The van der Waals surface area contributed by atoms with Crippen LogP contribution in [-0.4, -0.2) is 178 Å². The molecule has 0 aliphatic heterocycles. The van der Waals surface area contributed by atoms with E-state index in [0.29, 0.717) is 39.3 Å². The molecule has 0 fully saturated rings. The number of nitrogens with two attached hydrogens (primary N) is 5. The number of aliphatic hydroxyl groups is 2. The van der Waals surface area contributed by atoms with Crippen molar-refractivity contribution in [2.45, 2.75) is 19.1 Å². The lowest BCUT2D eigenvalue weighted by Crippen LogP contribution is -2.46. The highest BCUT2D eigenvalue weighted by atomic mass is 16.9. The highest BCUT2D eigenvalue weighted by molar-refractivity contribution is 4.70. The monoisotopic (exact) mass is 702 g/mol. The number of rotatable bonds is 27. The summed E-state index contributed by atoms with van der Waals surface area (Å²) in [6.07, 6.45) is 4.92. The quantitative estimate of drug-likeness (QED) is 0.0301. The summed E-state index contributed by atoms with van der Waals surface area (Å²) < 4.78 is 21.9. The van der Waals surface area contributed by atoms with Crippen molar-refractivity contribution in [2.75, 3.05) is 146 Å². The van der Waals surface area contributed by atoms with Gasteiger partial charge in [-0.15, -0.1) is 0 Å². The van der Waals surface area contributed by atoms with Crippen LogP contribution in [0.15, 0.2) is 18.7 Å². The van der Waals surface area contributed by atoms with Gasteiger partial charge in [0.25, 0.3) is 0 Å². The molecular formula is C29H75N13O6. The molecule has 18 N–H and O–H groups in total. The molecule has 0 aliphatic rings. The van der Waals surface area contributed by atoms with Gasteiger partial charge in [-0.25, -0.2) is 4.98 Å². The summed E-state index contributed by atoms with van der Waals surface area (Å²) in [6.45, 7) is 15.6. The smallest absolute Gasteiger partial charge is 0.308 e. The molecule has 0 aromatic carbocycles. The molecule has 0 spiro atoms. The predicted molar refractivity (Wildman–Crippen MR) is 194 cm³/mol. The van der Waals surface area contributed by atoms with Crippen LogP contribution >= 0.6 is 0 Å². The highest BCUT2D eigenvalue weighted by Gasteiger charge is 2.32. The Kier molecular flexibility index (Phi) is 52.9. The third-order valence-corrected chi connectivity index (χ3v) is 5.24. The average Bonchev–Trinajstić information content (AvgIpc) is 3.57. The first-order valence-corrected chi connectivity index (χ1v) is 16.4. The summed E-state index contributed by atoms with van der Waals surface area (Å²) in [5.74, 6) is -1.19. The number of nitrogens with one attached hydrogen (secondary N) is 6. The average molecular weight is 702 g/mol. The van der Waals surface area contributed by atoms with Crippen molar-refractivity contribution in [1.82, 2.24) is 41.5 Å². The van der Waals surface area contributed by atoms with E-state index in [2.05, 4.69) is 36.9 Å². The second-order valence-electron chi connectivity index (χ2n) is 9.68. The molecule has 48 heavy (non-hydrogen) atoms. The Balaban J connectivity index is -0.000000258. The van der Waals surface area contributed by atoms with Crippen LogP contribution < -0.4 is 60.6 Å². The van der Waals surface area contributed by atoms with Gasteiger partial charge < -0.3 is 94.3 Å². The largest absolute Gasteiger partial charge is 0.395 e. The van der Waals surface area contributed by atoms with Crippen LogP contribution in [0.3, 0.4) is 0 Å². The lowest BCUT2D eigenvalue weighted by atomic mass is 10.5. The van der Waals surface area contributed by atoms with Crippen LogP contribution in [0.2, 0.25) is 0 Å². The molecule has 1 atom stereocenters. The van der Waals surface area contributed by atoms with Crippen molar-refractivity contribution in [3.05, 3.63) is 18.7 Å². The van der Waals surface area contributed by atoms with E-state index in [9.17, 15) is 0 Å². The summed E-state index contributed by atoms with van der Waals surface area (Å²) in [7, 11) is 6.39. The summed E-state index contributed by atoms with van der Waals surface area (Å²) >= 11 is 0. The van der Waals surface area contributed by atoms with Crippen LogP contribution in [-0.2, 0) is 26.0 Å². The maximum atomic E-state index is 8.15. The molecular weight excluding hydrogens is 626 g/mol. The Hall–Kier alpha value is -1.47. The van der Waals surface area contributed by atoms with Crippen LogP contribution in [0.1, 0.15) is 6.92 Å². The Bertz CT molecular complexity index is 631. The first-order chi connectivity index (χ1) is 23.2. The molecule has 1 aromatic heterocycles. The van der Waals surface area contributed by atoms with E-state index < -0.39 is 12.2 Å². The number of ether oxygens (including phenoxy) is 4. The van der Waals surface area contributed by atoms with E-state index in [0.717, 1.165) is 65.4 Å². The molecule has 19 heteroatoms. The zero-order valence-corrected chi connectivity index (χ0v) is 30.6. The zero-order chi connectivity index (χ0) is 37.0. The van der Waals surface area contributed by atoms with Gasteiger partial charge in [0.2, 0.25) is 0 Å². The van der Waals surface area contributed by atoms with Gasteiger partial charge in [0, 0.05) is 145 Å². The van der Waals surface area contributed by atoms with Gasteiger partial charge in [-0.2, -0.15) is 0 Å². The normalized spacial score (nSPS) is 11.2. The molecule has 0 bridgehead atoms. The minimum Gasteiger partial charge on any atom is -0.395 e. The number of methoxy groups -OCH3 is 3. The van der Waals surface area contributed by atoms with Crippen molar-refractivity contribution < 1.29 is 29.2 Å². The minimum atomic E-state index is -1.19. The second kappa shape index (κ2) is 47.6. The molecule has 0 radical (unpaired) electrons. The topological polar surface area (TPSA) is 297 Å². The number of aliphatic hydroxyl groups excluding tert-OH is 2. The van der Waals surface area contributed by atoms with E-state index in [1.54, 1.807) is 19.4 Å². The van der Waals surface area contributed by atoms with Crippen molar-refractivity contribution in [3.8, 4) is 0 Å². The zero-order valence-electron chi connectivity index (χ0n) is 30.6. The van der Waals surface area contributed by atoms with Gasteiger partial charge >= 0.3 is 5.97 Å². The van der Waals surface area contributed by atoms with Crippen LogP contribution in [0.4, 0.5) is 0 Å². The lowest BCUT2D eigenvalue weighted by Gasteiger charge is -2.30. The van der Waals surface area contributed by atoms with Gasteiger partial charge in [0.1, 0.15) is 12.8 Å². The SMILES string of the molecule is COCC(OC)(OC)OC(C)N.Cn1ccnc1.NCCNCCNCCN.NCCNCCNCCNCCN.OCCNCCO. The first kappa shape index (κ1) is 53.3. The summed E-state index contributed by atoms with van der Waals surface area (Å²) in [5, 5.41) is 35.1. The molecule has 1 heterocycles. The second-order valence-corrected chi connectivity index (χ2v) is 9.68. The number of hydrogen-bond donors (Lipinski definition) is 13. The molecule has 1 unspecified atom stereocenters. The van der Waals surface area contributed by atoms with Gasteiger partial charge in [0.15, 0.2) is 0 Å². The molecule has 1 aromatic rings. The minimum absolute atomic E-state index is 0.139. The van der Waals surface area contributed by atoms with Crippen molar-refractivity contribution in [3.63, 3.8) is 0 Å². The van der Waals surface area contributed by atoms with Gasteiger partial charge in [0.05, 0.1) is 19.5 Å². The molecule has 19 nitrogen and oxygen atoms in total. The maximum absolute atomic E-state index is 8.15. The fourth-order valence-electron chi connectivity index (χ4n) is 2.96. The number of hydrogen-bond acceptors (Lipinski definition) is 18. The Morgan fingerprint density at radius 2 is 1.02 bits per heavy atom. The molecule has 0 aliphatic carbocycles. The number of aryl methyl sites for hydroxylation is 1. The summed E-state index contributed by atoms with van der Waals surface area (Å²) in [4.78, 5) is 3.78. The Morgan fingerprint density at radius 3 is 1.23 bits per heavy atom. The Labute approximate surface area is 290 Å². The van der Waals surface area contributed by atoms with E-state index >= 15 is 0 Å². The van der Waals surface area contributed by atoms with E-state index in [1.165, 1.54) is 21.3 Å². The van der Waals surface area contributed by atoms with Crippen molar-refractivity contribution in [2.24, 2.45) is 35.7 Å². The Morgan fingerprint density at radius 1 is 0.667 bits per heavy atom. The summed E-state index contributed by atoms with van der Waals surface area (Å²) in [5.41, 5.74) is 26.6. The van der Waals surface area contributed by atoms with E-state index in [1.807, 2.05) is 17.8 Å². The van der Waals surface area contributed by atoms with Crippen LogP contribution in [0.25, 0.3) is 0 Å². The van der Waals surface area contributed by atoms with Crippen molar-refractivity contribution in [1.29, 1.82) is 0 Å². The van der Waals surface area contributed by atoms with Crippen LogP contribution in [0, 0.1) is 0 Å². The molecule has 292 valence electrons. The predicted octanol–water partition coefficient (Wildman–Crippen LogP) is -5.36. The third kappa shape index (κ3) is 48.9. The van der Waals surface area contributed by atoms with Gasteiger partial charge in [-0.05, 0) is 6.92 Å². The number of aromatic nitrogens is 2. The standard InChI is InChI=1S/C8H23N5.C7H17NO4.C6H18N4.C4H6N2.C4H11NO2/c9-1-3-11-5-7-13-8-6-12-4-2-10;1-6(8)12-7(10-3,11-4)5-9-2;7-1-3-9-5-6-10-4-2-8;1-6-3-2-5-4-6;6-3-1-5-2-4-7/h11-13H,1-10H2;6H,5,8H2,1-4H3;9-10H,1-8H2;2-4H,1H3;5-7H,1-4H2. The van der Waals surface area contributed by atoms with Crippen LogP contribution in [0.5, 0.6) is 0 Å². The van der Waals surface area contributed by atoms with Crippen molar-refractivity contribution >= 4 is 0 Å². The fourth-order valence-corrected chi connectivity index (χ4v) is 2.96. The van der Waals surface area contributed by atoms with Gasteiger partial charge in [-0.1, -0.05) is 0 Å². The molecule has 0 amide bonds. The lowest BCUT2D eigenvalue weighted by molar-refractivity contribution is -0.387. The van der Waals surface area contributed by atoms with E-state index in [4.69, 9.17) is 57.8 Å². The van der Waals surface area contributed by atoms with E-state index in [-0.39, 0.29) is 19.8 Å². The molecule has 1 rings (SSSR count). The first-order valence-electron chi connectivity index (χ1n) is 16.4. The molecule has 0 saturated heterocycles. The third-order valence-electron chi connectivity index (χ3n) is 5.24. The highest BCUT2D eigenvalue weighted by Crippen LogP contribution is 2.14. The number of nitrogens with zero attached hydrogens (tertiary/aromatic N) is 2. The maximum Gasteiger partial charge on any atom is 0.308 e. The molecule has 0 saturated carbocycles. The summed E-state index contributed by atoms with van der Waals surface area (Å²) in [6, 6.07) is 0.